The van der Waals surface area contributed by atoms with E-state index in [1.54, 1.807) is 19.1 Å². The Morgan fingerprint density at radius 2 is 2.04 bits per heavy atom. The number of benzene rings is 1. The van der Waals surface area contributed by atoms with Crippen LogP contribution in [0.5, 0.6) is 5.75 Å². The number of hydrogen-bond donors (Lipinski definition) is 1. The topological polar surface area (TPSA) is 76.1 Å². The van der Waals surface area contributed by atoms with Crippen molar-refractivity contribution in [2.24, 2.45) is 0 Å². The van der Waals surface area contributed by atoms with Crippen LogP contribution < -0.4 is 4.74 Å². The molecule has 0 aliphatic carbocycles. The zero-order valence-electron chi connectivity index (χ0n) is 14.4. The summed E-state index contributed by atoms with van der Waals surface area (Å²) in [5, 5.41) is 9.07. The molecule has 3 unspecified atom stereocenters. The molecule has 132 valence electrons. The van der Waals surface area contributed by atoms with Crippen molar-refractivity contribution in [3.05, 3.63) is 29.8 Å². The summed E-state index contributed by atoms with van der Waals surface area (Å²) in [7, 11) is 3.20. The quantitative estimate of drug-likeness (QED) is 0.827. The predicted molar refractivity (Wildman–Crippen MR) is 89.2 cm³/mol. The maximum Gasteiger partial charge on any atom is 0.305 e. The number of para-hydroxylation sites is 1. The summed E-state index contributed by atoms with van der Waals surface area (Å²) >= 11 is 0. The number of methoxy groups -OCH3 is 2. The van der Waals surface area contributed by atoms with Gasteiger partial charge in [0.25, 0.3) is 0 Å². The average Bonchev–Trinajstić information content (AvgIpc) is 2.97. The van der Waals surface area contributed by atoms with Gasteiger partial charge in [-0.05, 0) is 24.0 Å². The van der Waals surface area contributed by atoms with Crippen LogP contribution in [0.15, 0.2) is 24.3 Å². The first-order valence-corrected chi connectivity index (χ1v) is 8.13. The molecule has 3 atom stereocenters. The third-order valence-corrected chi connectivity index (χ3v) is 4.59. The molecule has 1 aliphatic rings. The van der Waals surface area contributed by atoms with Crippen LogP contribution in [0.1, 0.15) is 37.7 Å². The van der Waals surface area contributed by atoms with Crippen molar-refractivity contribution < 1.29 is 24.2 Å². The lowest BCUT2D eigenvalue weighted by molar-refractivity contribution is -0.140. The molecule has 1 aliphatic heterocycles. The average molecular weight is 335 g/mol. The van der Waals surface area contributed by atoms with Crippen LogP contribution in [0.25, 0.3) is 0 Å². The minimum Gasteiger partial charge on any atom is -0.496 e. The molecule has 1 heterocycles. The SMILES string of the molecule is COc1ccccc1C(C)CC(=O)N1CC(OC)CC1CC(=O)O. The number of rotatable bonds is 7. The van der Waals surface area contributed by atoms with Gasteiger partial charge in [0, 0.05) is 26.1 Å². The zero-order valence-corrected chi connectivity index (χ0v) is 14.4. The number of hydrogen-bond acceptors (Lipinski definition) is 4. The number of carboxylic acids is 1. The highest BCUT2D eigenvalue weighted by atomic mass is 16.5. The van der Waals surface area contributed by atoms with Gasteiger partial charge in [0.1, 0.15) is 5.75 Å². The van der Waals surface area contributed by atoms with Crippen molar-refractivity contribution in [3.63, 3.8) is 0 Å². The van der Waals surface area contributed by atoms with E-state index in [4.69, 9.17) is 14.6 Å². The summed E-state index contributed by atoms with van der Waals surface area (Å²) in [6, 6.07) is 7.34. The first kappa shape index (κ1) is 18.3. The van der Waals surface area contributed by atoms with Crippen molar-refractivity contribution in [2.75, 3.05) is 20.8 Å². The summed E-state index contributed by atoms with van der Waals surface area (Å²) in [6.07, 6.45) is 0.735. The minimum atomic E-state index is -0.896. The van der Waals surface area contributed by atoms with Crippen LogP contribution in [0.4, 0.5) is 0 Å². The second kappa shape index (κ2) is 8.15. The number of carbonyl (C=O) groups excluding carboxylic acids is 1. The molecule has 1 N–H and O–H groups in total. The van der Waals surface area contributed by atoms with Gasteiger partial charge in [-0.3, -0.25) is 9.59 Å². The Morgan fingerprint density at radius 3 is 2.67 bits per heavy atom. The van der Waals surface area contributed by atoms with Gasteiger partial charge in [-0.1, -0.05) is 25.1 Å². The van der Waals surface area contributed by atoms with E-state index >= 15 is 0 Å². The number of likely N-dealkylation sites (tertiary alicyclic amines) is 1. The largest absolute Gasteiger partial charge is 0.496 e. The minimum absolute atomic E-state index is 0.0132. The Bertz CT molecular complexity index is 589. The van der Waals surface area contributed by atoms with Gasteiger partial charge in [0.2, 0.25) is 5.91 Å². The molecule has 6 heteroatoms. The van der Waals surface area contributed by atoms with E-state index in [0.717, 1.165) is 11.3 Å². The standard InChI is InChI=1S/C18H25NO5/c1-12(15-6-4-5-7-16(15)24-3)8-17(20)19-11-14(23-2)9-13(19)10-18(21)22/h4-7,12-14H,8-11H2,1-3H3,(H,21,22). The normalized spacial score (nSPS) is 21.5. The fraction of sp³-hybridized carbons (Fsp3) is 0.556. The molecule has 24 heavy (non-hydrogen) atoms. The highest BCUT2D eigenvalue weighted by Gasteiger charge is 2.36. The molecule has 1 aromatic rings. The Hall–Kier alpha value is -2.08. The van der Waals surface area contributed by atoms with Gasteiger partial charge in [-0.2, -0.15) is 0 Å². The van der Waals surface area contributed by atoms with Crippen molar-refractivity contribution in [1.29, 1.82) is 0 Å². The lowest BCUT2D eigenvalue weighted by atomic mass is 9.96. The van der Waals surface area contributed by atoms with Crippen molar-refractivity contribution in [1.82, 2.24) is 4.90 Å². The second-order valence-corrected chi connectivity index (χ2v) is 6.24. The highest BCUT2D eigenvalue weighted by molar-refractivity contribution is 5.79. The number of nitrogens with zero attached hydrogens (tertiary/aromatic N) is 1. The van der Waals surface area contributed by atoms with E-state index in [9.17, 15) is 9.59 Å². The summed E-state index contributed by atoms with van der Waals surface area (Å²) in [4.78, 5) is 25.4. The maximum atomic E-state index is 12.7. The van der Waals surface area contributed by atoms with E-state index < -0.39 is 5.97 Å². The number of ether oxygens (including phenoxy) is 2. The van der Waals surface area contributed by atoms with E-state index in [2.05, 4.69) is 0 Å². The van der Waals surface area contributed by atoms with Gasteiger partial charge in [-0.15, -0.1) is 0 Å². The Morgan fingerprint density at radius 1 is 1.33 bits per heavy atom. The molecular formula is C18H25NO5. The molecule has 1 aromatic carbocycles. The molecule has 0 saturated carbocycles. The zero-order chi connectivity index (χ0) is 17.7. The Labute approximate surface area is 142 Å². The van der Waals surface area contributed by atoms with Gasteiger partial charge in [-0.25, -0.2) is 0 Å². The van der Waals surface area contributed by atoms with Crippen LogP contribution >= 0.6 is 0 Å². The molecule has 0 bridgehead atoms. The molecular weight excluding hydrogens is 310 g/mol. The van der Waals surface area contributed by atoms with Gasteiger partial charge < -0.3 is 19.5 Å². The summed E-state index contributed by atoms with van der Waals surface area (Å²) in [5.41, 5.74) is 0.977. The molecule has 1 fully saturated rings. The van der Waals surface area contributed by atoms with E-state index in [1.165, 1.54) is 0 Å². The smallest absolute Gasteiger partial charge is 0.305 e. The van der Waals surface area contributed by atoms with Crippen LogP contribution in [0.3, 0.4) is 0 Å². The van der Waals surface area contributed by atoms with Crippen molar-refractivity contribution >= 4 is 11.9 Å². The fourth-order valence-electron chi connectivity index (χ4n) is 3.31. The lowest BCUT2D eigenvalue weighted by Crippen LogP contribution is -2.37. The summed E-state index contributed by atoms with van der Waals surface area (Å²) < 4.78 is 10.7. The number of carbonyl (C=O) groups is 2. The maximum absolute atomic E-state index is 12.7. The number of aliphatic carboxylic acids is 1. The first-order valence-electron chi connectivity index (χ1n) is 8.13. The summed E-state index contributed by atoms with van der Waals surface area (Å²) in [6.45, 7) is 2.43. The van der Waals surface area contributed by atoms with Gasteiger partial charge in [0.05, 0.1) is 19.6 Å². The van der Waals surface area contributed by atoms with Gasteiger partial charge >= 0.3 is 5.97 Å². The Balaban J connectivity index is 2.08. The van der Waals surface area contributed by atoms with Crippen LogP contribution in [-0.4, -0.2) is 54.8 Å². The van der Waals surface area contributed by atoms with Crippen LogP contribution in [0, 0.1) is 0 Å². The van der Waals surface area contributed by atoms with E-state index in [0.29, 0.717) is 19.4 Å². The predicted octanol–water partition coefficient (Wildman–Crippen LogP) is 2.28. The van der Waals surface area contributed by atoms with E-state index in [-0.39, 0.29) is 30.4 Å². The van der Waals surface area contributed by atoms with Crippen molar-refractivity contribution in [3.8, 4) is 5.75 Å². The third kappa shape index (κ3) is 4.26. The third-order valence-electron chi connectivity index (χ3n) is 4.59. The molecule has 2 rings (SSSR count). The second-order valence-electron chi connectivity index (χ2n) is 6.24. The lowest BCUT2D eigenvalue weighted by Gasteiger charge is -2.25. The first-order chi connectivity index (χ1) is 11.5. The van der Waals surface area contributed by atoms with E-state index in [1.807, 2.05) is 31.2 Å². The van der Waals surface area contributed by atoms with Gasteiger partial charge in [0.15, 0.2) is 0 Å². The molecule has 0 radical (unpaired) electrons. The number of carboxylic acid groups (broad SMARTS) is 1. The molecule has 1 amide bonds. The summed E-state index contributed by atoms with van der Waals surface area (Å²) in [5.74, 6) is -0.191. The molecule has 1 saturated heterocycles. The molecule has 0 aromatic heterocycles. The Kier molecular flexibility index (Phi) is 6.20. The molecule has 0 spiro atoms. The monoisotopic (exact) mass is 335 g/mol. The molecule has 6 nitrogen and oxygen atoms in total. The fourth-order valence-corrected chi connectivity index (χ4v) is 3.31. The van der Waals surface area contributed by atoms with Crippen LogP contribution in [0.2, 0.25) is 0 Å². The number of amides is 1. The highest BCUT2D eigenvalue weighted by Crippen LogP contribution is 2.31. The van der Waals surface area contributed by atoms with Crippen molar-refractivity contribution in [2.45, 2.75) is 44.2 Å². The van der Waals surface area contributed by atoms with Crippen LogP contribution in [-0.2, 0) is 14.3 Å².